The van der Waals surface area contributed by atoms with Crippen LogP contribution < -0.4 is 19.9 Å². The van der Waals surface area contributed by atoms with Crippen LogP contribution >= 0.6 is 0 Å². The van der Waals surface area contributed by atoms with Crippen LogP contribution in [0.4, 0.5) is 0 Å². The van der Waals surface area contributed by atoms with E-state index in [1.54, 1.807) is 56.5 Å². The number of carbonyl (C=O) groups excluding carboxylic acids is 1. The third-order valence-corrected chi connectivity index (χ3v) is 5.02. The lowest BCUT2D eigenvalue weighted by Gasteiger charge is -2.29. The van der Waals surface area contributed by atoms with Crippen LogP contribution in [-0.4, -0.2) is 33.9 Å². The summed E-state index contributed by atoms with van der Waals surface area (Å²) in [7, 11) is 4.59. The van der Waals surface area contributed by atoms with Crippen LogP contribution in [0, 0.1) is 11.3 Å². The predicted octanol–water partition coefficient (Wildman–Crippen LogP) is 3.49. The van der Waals surface area contributed by atoms with Gasteiger partial charge in [-0.15, -0.1) is 0 Å². The van der Waals surface area contributed by atoms with Gasteiger partial charge in [-0.1, -0.05) is 6.07 Å². The zero-order valence-corrected chi connectivity index (χ0v) is 18.3. The van der Waals surface area contributed by atoms with Gasteiger partial charge in [0, 0.05) is 17.2 Å². The normalized spacial score (nSPS) is 15.5. The third-order valence-electron chi connectivity index (χ3n) is 5.02. The van der Waals surface area contributed by atoms with Crippen molar-refractivity contribution in [2.75, 3.05) is 27.9 Å². The minimum Gasteiger partial charge on any atom is -0.497 e. The number of nitriles is 1. The molecule has 1 atom stereocenters. The Kier molecular flexibility index (Phi) is 6.90. The second-order valence-electron chi connectivity index (χ2n) is 6.72. The van der Waals surface area contributed by atoms with Gasteiger partial charge < -0.3 is 29.4 Å². The van der Waals surface area contributed by atoms with E-state index in [1.165, 1.54) is 14.2 Å². The monoisotopic (exact) mass is 436 g/mol. The van der Waals surface area contributed by atoms with Crippen molar-refractivity contribution in [2.45, 2.75) is 12.8 Å². The SMILES string of the molecule is CCOC(=O)C1=C(c2ccc(OC)cc2)OC(N)=C(C#N)C1c1ccc(OC)cc1OC. The smallest absolute Gasteiger partial charge is 0.338 e. The molecule has 0 saturated heterocycles. The molecule has 0 aromatic heterocycles. The first kappa shape index (κ1) is 22.6. The number of rotatable bonds is 7. The van der Waals surface area contributed by atoms with E-state index in [1.807, 2.05) is 0 Å². The van der Waals surface area contributed by atoms with E-state index in [0.29, 0.717) is 28.4 Å². The molecule has 1 heterocycles. The maximum absolute atomic E-state index is 13.2. The summed E-state index contributed by atoms with van der Waals surface area (Å²) in [6.45, 7) is 1.85. The minimum atomic E-state index is -0.870. The molecule has 8 heteroatoms. The Hall–Kier alpha value is -4.12. The predicted molar refractivity (Wildman–Crippen MR) is 117 cm³/mol. The second kappa shape index (κ2) is 9.79. The van der Waals surface area contributed by atoms with Gasteiger partial charge in [0.25, 0.3) is 0 Å². The molecule has 1 aliphatic rings. The molecular weight excluding hydrogens is 412 g/mol. The first-order valence-corrected chi connectivity index (χ1v) is 9.84. The number of hydrogen-bond donors (Lipinski definition) is 1. The second-order valence-corrected chi connectivity index (χ2v) is 6.72. The van der Waals surface area contributed by atoms with Gasteiger partial charge in [-0.2, -0.15) is 5.26 Å². The number of nitrogens with two attached hydrogens (primary N) is 1. The summed E-state index contributed by atoms with van der Waals surface area (Å²) in [4.78, 5) is 13.2. The Morgan fingerprint density at radius 3 is 2.28 bits per heavy atom. The van der Waals surface area contributed by atoms with Gasteiger partial charge in [0.1, 0.15) is 34.7 Å². The third kappa shape index (κ3) is 4.18. The molecule has 8 nitrogen and oxygen atoms in total. The molecule has 1 unspecified atom stereocenters. The van der Waals surface area contributed by atoms with Crippen molar-refractivity contribution in [3.8, 4) is 23.3 Å². The Balaban J connectivity index is 2.30. The van der Waals surface area contributed by atoms with Gasteiger partial charge >= 0.3 is 5.97 Å². The van der Waals surface area contributed by atoms with Gasteiger partial charge in [-0.05, 0) is 37.3 Å². The molecular formula is C24H24N2O6. The largest absolute Gasteiger partial charge is 0.497 e. The summed E-state index contributed by atoms with van der Waals surface area (Å²) < 4.78 is 27.2. The molecule has 1 aliphatic heterocycles. The number of hydrogen-bond acceptors (Lipinski definition) is 8. The highest BCUT2D eigenvalue weighted by Crippen LogP contribution is 2.46. The fourth-order valence-electron chi connectivity index (χ4n) is 3.50. The van der Waals surface area contributed by atoms with Crippen molar-refractivity contribution in [1.82, 2.24) is 0 Å². The summed E-state index contributed by atoms with van der Waals surface area (Å²) in [5.41, 5.74) is 7.49. The molecule has 2 aromatic carbocycles. The van der Waals surface area contributed by atoms with E-state index in [-0.39, 0.29) is 29.4 Å². The Labute approximate surface area is 186 Å². The van der Waals surface area contributed by atoms with Gasteiger partial charge in [0.05, 0.1) is 39.4 Å². The van der Waals surface area contributed by atoms with Crippen LogP contribution in [0.2, 0.25) is 0 Å². The number of methoxy groups -OCH3 is 3. The molecule has 0 saturated carbocycles. The molecule has 0 spiro atoms. The van der Waals surface area contributed by atoms with Crippen molar-refractivity contribution < 1.29 is 28.5 Å². The van der Waals surface area contributed by atoms with Crippen LogP contribution in [0.3, 0.4) is 0 Å². The standard InChI is InChI=1S/C24H24N2O6/c1-5-31-24(27)21-20(17-11-10-16(29-3)12-19(17)30-4)18(13-25)23(26)32-22(21)14-6-8-15(28-2)9-7-14/h6-12,20H,5,26H2,1-4H3. The van der Waals surface area contributed by atoms with Gasteiger partial charge in [-0.25, -0.2) is 4.79 Å². The summed E-state index contributed by atoms with van der Waals surface area (Å²) in [6, 6.07) is 14.1. The van der Waals surface area contributed by atoms with Gasteiger partial charge in [0.2, 0.25) is 5.88 Å². The van der Waals surface area contributed by atoms with E-state index >= 15 is 0 Å². The first-order valence-electron chi connectivity index (χ1n) is 9.84. The number of ether oxygens (including phenoxy) is 5. The number of carbonyl (C=O) groups is 1. The van der Waals surface area contributed by atoms with Crippen molar-refractivity contribution in [2.24, 2.45) is 5.73 Å². The maximum atomic E-state index is 13.2. The molecule has 2 N–H and O–H groups in total. The van der Waals surface area contributed by atoms with Crippen molar-refractivity contribution in [3.63, 3.8) is 0 Å². The van der Waals surface area contributed by atoms with Crippen LogP contribution in [0.1, 0.15) is 24.0 Å². The molecule has 3 rings (SSSR count). The van der Waals surface area contributed by atoms with E-state index in [2.05, 4.69) is 6.07 Å². The highest BCUT2D eigenvalue weighted by Gasteiger charge is 2.39. The number of benzene rings is 2. The van der Waals surface area contributed by atoms with E-state index < -0.39 is 11.9 Å². The van der Waals surface area contributed by atoms with Crippen LogP contribution in [0.5, 0.6) is 17.2 Å². The Morgan fingerprint density at radius 1 is 1.06 bits per heavy atom. The number of allylic oxidation sites excluding steroid dienone is 1. The number of esters is 1. The van der Waals surface area contributed by atoms with Crippen molar-refractivity contribution in [3.05, 3.63) is 70.6 Å². The summed E-state index contributed by atoms with van der Waals surface area (Å²) >= 11 is 0. The van der Waals surface area contributed by atoms with E-state index in [0.717, 1.165) is 0 Å². The Morgan fingerprint density at radius 2 is 1.72 bits per heavy atom. The van der Waals surface area contributed by atoms with Crippen molar-refractivity contribution in [1.29, 1.82) is 5.26 Å². The van der Waals surface area contributed by atoms with Gasteiger partial charge in [0.15, 0.2) is 0 Å². The fraction of sp³-hybridized carbons (Fsp3) is 0.250. The van der Waals surface area contributed by atoms with E-state index in [4.69, 9.17) is 29.4 Å². The summed E-state index contributed by atoms with van der Waals surface area (Å²) in [6.07, 6.45) is 0. The highest BCUT2D eigenvalue weighted by atomic mass is 16.5. The lowest BCUT2D eigenvalue weighted by atomic mass is 9.81. The fourth-order valence-corrected chi connectivity index (χ4v) is 3.50. The first-order chi connectivity index (χ1) is 15.5. The van der Waals surface area contributed by atoms with Crippen molar-refractivity contribution >= 4 is 11.7 Å². The van der Waals surface area contributed by atoms with Crippen LogP contribution in [0.25, 0.3) is 5.76 Å². The molecule has 166 valence electrons. The minimum absolute atomic E-state index is 0.0776. The molecule has 0 radical (unpaired) electrons. The van der Waals surface area contributed by atoms with Crippen LogP contribution in [0.15, 0.2) is 59.5 Å². The van der Waals surface area contributed by atoms with Crippen LogP contribution in [-0.2, 0) is 14.3 Å². The summed E-state index contributed by atoms with van der Waals surface area (Å²) in [5, 5.41) is 9.89. The molecule has 0 fully saturated rings. The molecule has 0 amide bonds. The average Bonchev–Trinajstić information content (AvgIpc) is 2.83. The molecule has 0 bridgehead atoms. The maximum Gasteiger partial charge on any atom is 0.338 e. The van der Waals surface area contributed by atoms with Gasteiger partial charge in [-0.3, -0.25) is 0 Å². The molecule has 32 heavy (non-hydrogen) atoms. The highest BCUT2D eigenvalue weighted by molar-refractivity contribution is 6.00. The summed E-state index contributed by atoms with van der Waals surface area (Å²) in [5.74, 6) is 0.224. The average molecular weight is 436 g/mol. The molecule has 0 aliphatic carbocycles. The zero-order chi connectivity index (χ0) is 23.3. The molecule has 2 aromatic rings. The lowest BCUT2D eigenvalue weighted by Crippen LogP contribution is -2.26. The lowest BCUT2D eigenvalue weighted by molar-refractivity contribution is -0.138. The quantitative estimate of drug-likeness (QED) is 0.656. The number of nitrogens with zero attached hydrogens (tertiary/aromatic N) is 1. The topological polar surface area (TPSA) is 113 Å². The van der Waals surface area contributed by atoms with E-state index in [9.17, 15) is 10.1 Å². The Bertz CT molecular complexity index is 1110. The zero-order valence-electron chi connectivity index (χ0n) is 18.3.